The average molecular weight is 272 g/mol. The highest BCUT2D eigenvalue weighted by Gasteiger charge is 2.10. The van der Waals surface area contributed by atoms with Crippen LogP contribution >= 0.6 is 0 Å². The van der Waals surface area contributed by atoms with Crippen LogP contribution in [-0.2, 0) is 13.0 Å². The molecule has 104 valence electrons. The van der Waals surface area contributed by atoms with E-state index in [1.54, 1.807) is 30.3 Å². The zero-order chi connectivity index (χ0) is 14.4. The molecule has 1 amide bonds. The van der Waals surface area contributed by atoms with Crippen LogP contribution in [0.3, 0.4) is 0 Å². The minimum atomic E-state index is -0.317. The molecule has 0 bridgehead atoms. The lowest BCUT2D eigenvalue weighted by atomic mass is 10.0. The first-order valence-electron chi connectivity index (χ1n) is 6.52. The van der Waals surface area contributed by atoms with Crippen LogP contribution in [0.25, 0.3) is 0 Å². The predicted octanol–water partition coefficient (Wildman–Crippen LogP) is 2.26. The van der Waals surface area contributed by atoms with E-state index in [4.69, 9.17) is 5.73 Å². The molecule has 2 rings (SSSR count). The minimum absolute atomic E-state index is 0.169. The monoisotopic (exact) mass is 272 g/mol. The molecule has 0 aliphatic heterocycles. The third-order valence-electron chi connectivity index (χ3n) is 3.07. The van der Waals surface area contributed by atoms with Gasteiger partial charge in [-0.2, -0.15) is 0 Å². The number of benzene rings is 2. The Morgan fingerprint density at radius 3 is 2.40 bits per heavy atom. The fourth-order valence-electron chi connectivity index (χ4n) is 2.03. The van der Waals surface area contributed by atoms with Crippen LogP contribution in [0.1, 0.15) is 21.5 Å². The van der Waals surface area contributed by atoms with Gasteiger partial charge in [-0.05, 0) is 30.7 Å². The van der Waals surface area contributed by atoms with Crippen molar-refractivity contribution in [1.29, 1.82) is 0 Å². The number of nitrogens with two attached hydrogens (primary N) is 1. The molecular formula is C16H17FN2O. The van der Waals surface area contributed by atoms with Gasteiger partial charge in [-0.25, -0.2) is 4.39 Å². The van der Waals surface area contributed by atoms with Crippen molar-refractivity contribution < 1.29 is 9.18 Å². The van der Waals surface area contributed by atoms with E-state index in [0.29, 0.717) is 24.1 Å². The van der Waals surface area contributed by atoms with Gasteiger partial charge in [0, 0.05) is 17.7 Å². The number of halogens is 1. The maximum absolute atomic E-state index is 13.5. The van der Waals surface area contributed by atoms with Gasteiger partial charge in [0.25, 0.3) is 5.91 Å². The first-order chi connectivity index (χ1) is 9.72. The van der Waals surface area contributed by atoms with E-state index < -0.39 is 0 Å². The summed E-state index contributed by atoms with van der Waals surface area (Å²) >= 11 is 0. The largest absolute Gasteiger partial charge is 0.348 e. The number of carbonyl (C=O) groups excluding carboxylic acids is 1. The molecule has 2 aromatic carbocycles. The van der Waals surface area contributed by atoms with Crippen molar-refractivity contribution in [1.82, 2.24) is 5.32 Å². The van der Waals surface area contributed by atoms with Gasteiger partial charge >= 0.3 is 0 Å². The first-order valence-corrected chi connectivity index (χ1v) is 6.52. The van der Waals surface area contributed by atoms with Crippen LogP contribution in [0.5, 0.6) is 0 Å². The standard InChI is InChI=1S/C16H17FN2O/c17-15-8-4-2-6-13(15)11-19-16(20)14-7-3-1-5-12(14)9-10-18/h1-8H,9-11,18H2,(H,19,20). The summed E-state index contributed by atoms with van der Waals surface area (Å²) in [4.78, 5) is 12.2. The van der Waals surface area contributed by atoms with E-state index in [1.165, 1.54) is 6.07 Å². The SMILES string of the molecule is NCCc1ccccc1C(=O)NCc1ccccc1F. The van der Waals surface area contributed by atoms with Crippen molar-refractivity contribution >= 4 is 5.91 Å². The van der Waals surface area contributed by atoms with Gasteiger partial charge in [-0.3, -0.25) is 4.79 Å². The lowest BCUT2D eigenvalue weighted by Gasteiger charge is -2.10. The molecule has 0 heterocycles. The Kier molecular flexibility index (Phi) is 4.85. The molecular weight excluding hydrogens is 255 g/mol. The Hall–Kier alpha value is -2.20. The molecule has 0 saturated heterocycles. The number of rotatable bonds is 5. The van der Waals surface area contributed by atoms with Gasteiger partial charge in [0.05, 0.1) is 0 Å². The van der Waals surface area contributed by atoms with E-state index in [-0.39, 0.29) is 18.3 Å². The number of nitrogens with one attached hydrogen (secondary N) is 1. The zero-order valence-corrected chi connectivity index (χ0v) is 11.1. The fourth-order valence-corrected chi connectivity index (χ4v) is 2.03. The van der Waals surface area contributed by atoms with Gasteiger partial charge < -0.3 is 11.1 Å². The normalized spacial score (nSPS) is 10.3. The summed E-state index contributed by atoms with van der Waals surface area (Å²) in [5.74, 6) is -0.527. The predicted molar refractivity (Wildman–Crippen MR) is 76.8 cm³/mol. The van der Waals surface area contributed by atoms with E-state index in [2.05, 4.69) is 5.32 Å². The first kappa shape index (κ1) is 14.2. The van der Waals surface area contributed by atoms with Crippen LogP contribution in [0, 0.1) is 5.82 Å². The summed E-state index contributed by atoms with van der Waals surface area (Å²) in [6.45, 7) is 0.653. The second-order valence-electron chi connectivity index (χ2n) is 4.47. The molecule has 0 aromatic heterocycles. The topological polar surface area (TPSA) is 55.1 Å². The Morgan fingerprint density at radius 2 is 1.70 bits per heavy atom. The highest BCUT2D eigenvalue weighted by molar-refractivity contribution is 5.95. The van der Waals surface area contributed by atoms with E-state index in [0.717, 1.165) is 5.56 Å². The number of hydrogen-bond donors (Lipinski definition) is 2. The third-order valence-corrected chi connectivity index (χ3v) is 3.07. The van der Waals surface area contributed by atoms with E-state index in [9.17, 15) is 9.18 Å². The molecule has 2 aromatic rings. The van der Waals surface area contributed by atoms with Crippen LogP contribution in [0.4, 0.5) is 4.39 Å². The molecule has 0 saturated carbocycles. The number of carbonyl (C=O) groups is 1. The van der Waals surface area contributed by atoms with Crippen molar-refractivity contribution in [3.63, 3.8) is 0 Å². The van der Waals surface area contributed by atoms with Gasteiger partial charge in [0.2, 0.25) is 0 Å². The number of amides is 1. The van der Waals surface area contributed by atoms with Crippen molar-refractivity contribution in [3.05, 3.63) is 71.0 Å². The molecule has 20 heavy (non-hydrogen) atoms. The van der Waals surface area contributed by atoms with E-state index >= 15 is 0 Å². The lowest BCUT2D eigenvalue weighted by Crippen LogP contribution is -2.25. The molecule has 0 spiro atoms. The summed E-state index contributed by atoms with van der Waals surface area (Å²) in [7, 11) is 0. The molecule has 3 N–H and O–H groups in total. The van der Waals surface area contributed by atoms with Crippen LogP contribution in [-0.4, -0.2) is 12.5 Å². The van der Waals surface area contributed by atoms with Crippen molar-refractivity contribution in [3.8, 4) is 0 Å². The molecule has 0 fully saturated rings. The van der Waals surface area contributed by atoms with Gasteiger partial charge in [0.15, 0.2) is 0 Å². The molecule has 0 unspecified atom stereocenters. The maximum Gasteiger partial charge on any atom is 0.251 e. The average Bonchev–Trinajstić information content (AvgIpc) is 2.47. The summed E-state index contributed by atoms with van der Waals surface area (Å²) in [6, 6.07) is 13.7. The molecule has 3 nitrogen and oxygen atoms in total. The molecule has 0 aliphatic carbocycles. The quantitative estimate of drug-likeness (QED) is 0.877. The van der Waals surface area contributed by atoms with Crippen LogP contribution < -0.4 is 11.1 Å². The van der Waals surface area contributed by atoms with Gasteiger partial charge in [-0.15, -0.1) is 0 Å². The van der Waals surface area contributed by atoms with Crippen LogP contribution in [0.15, 0.2) is 48.5 Å². The lowest BCUT2D eigenvalue weighted by molar-refractivity contribution is 0.0949. The zero-order valence-electron chi connectivity index (χ0n) is 11.1. The smallest absolute Gasteiger partial charge is 0.251 e. The molecule has 0 atom stereocenters. The highest BCUT2D eigenvalue weighted by atomic mass is 19.1. The van der Waals surface area contributed by atoms with Gasteiger partial charge in [0.1, 0.15) is 5.82 Å². The van der Waals surface area contributed by atoms with Crippen molar-refractivity contribution in [2.24, 2.45) is 5.73 Å². The summed E-state index contributed by atoms with van der Waals surface area (Å²) in [5, 5.41) is 2.74. The second kappa shape index (κ2) is 6.82. The third kappa shape index (κ3) is 3.42. The Morgan fingerprint density at radius 1 is 1.05 bits per heavy atom. The fraction of sp³-hybridized carbons (Fsp3) is 0.188. The summed E-state index contributed by atoms with van der Waals surface area (Å²) in [6.07, 6.45) is 0.642. The Labute approximate surface area is 117 Å². The minimum Gasteiger partial charge on any atom is -0.348 e. The van der Waals surface area contributed by atoms with E-state index in [1.807, 2.05) is 12.1 Å². The second-order valence-corrected chi connectivity index (χ2v) is 4.47. The van der Waals surface area contributed by atoms with Crippen molar-refractivity contribution in [2.45, 2.75) is 13.0 Å². The molecule has 4 heteroatoms. The molecule has 0 radical (unpaired) electrons. The summed E-state index contributed by atoms with van der Waals surface area (Å²) < 4.78 is 13.5. The van der Waals surface area contributed by atoms with Gasteiger partial charge in [-0.1, -0.05) is 36.4 Å². The van der Waals surface area contributed by atoms with Crippen molar-refractivity contribution in [2.75, 3.05) is 6.54 Å². The highest BCUT2D eigenvalue weighted by Crippen LogP contribution is 2.10. The number of hydrogen-bond acceptors (Lipinski definition) is 2. The Balaban J connectivity index is 2.07. The summed E-state index contributed by atoms with van der Waals surface area (Å²) in [5.41, 5.74) is 7.50. The van der Waals surface area contributed by atoms with Crippen LogP contribution in [0.2, 0.25) is 0 Å². The maximum atomic E-state index is 13.5. The Bertz CT molecular complexity index is 599. The molecule has 0 aliphatic rings.